The van der Waals surface area contributed by atoms with Crippen LogP contribution in [0.5, 0.6) is 0 Å². The van der Waals surface area contributed by atoms with Crippen LogP contribution < -0.4 is 4.72 Å². The molecule has 0 amide bonds. The maximum atomic E-state index is 12.6. The number of benzene rings is 3. The first kappa shape index (κ1) is 21.4. The van der Waals surface area contributed by atoms with Gasteiger partial charge >= 0.3 is 5.97 Å². The molecule has 8 heteroatoms. The number of nitrogens with one attached hydrogen (secondary N) is 1. The highest BCUT2D eigenvalue weighted by atomic mass is 79.9. The van der Waals surface area contributed by atoms with Gasteiger partial charge in [-0.3, -0.25) is 4.72 Å². The molecule has 0 fully saturated rings. The van der Waals surface area contributed by atoms with Crippen LogP contribution in [0, 0.1) is 0 Å². The minimum absolute atomic E-state index is 0.0323. The number of hydrogen-bond donors (Lipinski definition) is 2. The summed E-state index contributed by atoms with van der Waals surface area (Å²) in [5.41, 5.74) is 1.15. The fraction of sp³-hybridized carbons (Fsp3) is 0.0952. The van der Waals surface area contributed by atoms with Crippen molar-refractivity contribution in [2.45, 2.75) is 16.2 Å². The number of aromatic carboxylic acids is 1. The number of carboxylic acid groups (broad SMARTS) is 1. The second-order valence-corrected chi connectivity index (χ2v) is 9.93. The van der Waals surface area contributed by atoms with Gasteiger partial charge in [0.05, 0.1) is 16.1 Å². The highest BCUT2D eigenvalue weighted by molar-refractivity contribution is 9.10. The topological polar surface area (TPSA) is 83.5 Å². The zero-order valence-electron chi connectivity index (χ0n) is 15.2. The predicted molar refractivity (Wildman–Crippen MR) is 119 cm³/mol. The van der Waals surface area contributed by atoms with E-state index in [4.69, 9.17) is 0 Å². The Labute approximate surface area is 182 Å². The van der Waals surface area contributed by atoms with Gasteiger partial charge in [0.2, 0.25) is 0 Å². The van der Waals surface area contributed by atoms with E-state index in [9.17, 15) is 18.3 Å². The Hall–Kier alpha value is -2.29. The molecule has 29 heavy (non-hydrogen) atoms. The lowest BCUT2D eigenvalue weighted by Gasteiger charge is -2.12. The fourth-order valence-electron chi connectivity index (χ4n) is 2.65. The molecule has 0 saturated carbocycles. The van der Waals surface area contributed by atoms with Gasteiger partial charge in [-0.2, -0.15) is 0 Å². The van der Waals surface area contributed by atoms with Gasteiger partial charge < -0.3 is 5.11 Å². The van der Waals surface area contributed by atoms with Crippen LogP contribution in [0.2, 0.25) is 0 Å². The number of aryl methyl sites for hydroxylation is 1. The molecular weight excluding hydrogens is 474 g/mol. The Bertz CT molecular complexity index is 1120. The number of anilines is 1. The summed E-state index contributed by atoms with van der Waals surface area (Å²) in [6.45, 7) is 0. The Morgan fingerprint density at radius 1 is 1.00 bits per heavy atom. The van der Waals surface area contributed by atoms with Crippen LogP contribution in [-0.4, -0.2) is 25.2 Å². The SMILES string of the molecule is O=C(O)c1cc(SCCc2ccccc2)ccc1NS(=O)(=O)c1cccc(Br)c1. The zero-order chi connectivity index (χ0) is 20.9. The summed E-state index contributed by atoms with van der Waals surface area (Å²) in [5.74, 6) is -0.408. The van der Waals surface area contributed by atoms with E-state index in [1.54, 1.807) is 18.2 Å². The molecule has 0 aliphatic rings. The first-order chi connectivity index (χ1) is 13.8. The van der Waals surface area contributed by atoms with Crippen molar-refractivity contribution in [3.05, 3.63) is 88.4 Å². The van der Waals surface area contributed by atoms with Gasteiger partial charge in [-0.05, 0) is 48.4 Å². The van der Waals surface area contributed by atoms with Crippen molar-refractivity contribution in [3.8, 4) is 0 Å². The third-order valence-corrected chi connectivity index (χ3v) is 6.93. The second-order valence-electron chi connectivity index (χ2n) is 6.16. The Balaban J connectivity index is 1.76. The molecule has 0 saturated heterocycles. The molecule has 0 aliphatic heterocycles. The molecule has 0 unspecified atom stereocenters. The molecule has 150 valence electrons. The maximum absolute atomic E-state index is 12.6. The molecule has 0 heterocycles. The van der Waals surface area contributed by atoms with Crippen molar-refractivity contribution in [3.63, 3.8) is 0 Å². The smallest absolute Gasteiger partial charge is 0.337 e. The molecule has 3 aromatic carbocycles. The fourth-order valence-corrected chi connectivity index (χ4v) is 5.26. The van der Waals surface area contributed by atoms with Crippen molar-refractivity contribution in [2.24, 2.45) is 0 Å². The summed E-state index contributed by atoms with van der Waals surface area (Å²) in [5, 5.41) is 9.55. The first-order valence-corrected chi connectivity index (χ1v) is 11.9. The van der Waals surface area contributed by atoms with E-state index < -0.39 is 16.0 Å². The van der Waals surface area contributed by atoms with Gasteiger partial charge in [0.1, 0.15) is 0 Å². The molecule has 5 nitrogen and oxygen atoms in total. The summed E-state index contributed by atoms with van der Waals surface area (Å²) in [6.07, 6.45) is 0.852. The lowest BCUT2D eigenvalue weighted by molar-refractivity contribution is 0.0698. The number of halogens is 1. The molecule has 0 aromatic heterocycles. The van der Waals surface area contributed by atoms with E-state index >= 15 is 0 Å². The summed E-state index contributed by atoms with van der Waals surface area (Å²) in [6, 6.07) is 20.9. The van der Waals surface area contributed by atoms with Gasteiger partial charge in [-0.25, -0.2) is 13.2 Å². The van der Waals surface area contributed by atoms with Gasteiger partial charge in [0.25, 0.3) is 10.0 Å². The minimum Gasteiger partial charge on any atom is -0.478 e. The van der Waals surface area contributed by atoms with Crippen molar-refractivity contribution >= 4 is 49.4 Å². The summed E-state index contributed by atoms with van der Waals surface area (Å²) < 4.78 is 28.2. The van der Waals surface area contributed by atoms with Crippen LogP contribution in [0.3, 0.4) is 0 Å². The zero-order valence-corrected chi connectivity index (χ0v) is 18.4. The van der Waals surface area contributed by atoms with Crippen molar-refractivity contribution in [1.29, 1.82) is 0 Å². The van der Waals surface area contributed by atoms with E-state index in [1.807, 2.05) is 30.3 Å². The number of carbonyl (C=O) groups is 1. The first-order valence-electron chi connectivity index (χ1n) is 8.67. The Morgan fingerprint density at radius 3 is 2.45 bits per heavy atom. The van der Waals surface area contributed by atoms with E-state index in [0.717, 1.165) is 17.1 Å². The van der Waals surface area contributed by atoms with E-state index in [1.165, 1.54) is 41.6 Å². The number of hydrogen-bond acceptors (Lipinski definition) is 4. The van der Waals surface area contributed by atoms with Crippen molar-refractivity contribution in [2.75, 3.05) is 10.5 Å². The number of sulfonamides is 1. The van der Waals surface area contributed by atoms with E-state index in [0.29, 0.717) is 4.47 Å². The highest BCUT2D eigenvalue weighted by Gasteiger charge is 2.19. The van der Waals surface area contributed by atoms with Gasteiger partial charge in [0.15, 0.2) is 0 Å². The molecule has 0 radical (unpaired) electrons. The predicted octanol–water partition coefficient (Wildman–Crippen LogP) is 5.28. The van der Waals surface area contributed by atoms with Gasteiger partial charge in [-0.1, -0.05) is 52.3 Å². The van der Waals surface area contributed by atoms with Crippen molar-refractivity contribution < 1.29 is 18.3 Å². The maximum Gasteiger partial charge on any atom is 0.337 e. The molecule has 0 spiro atoms. The van der Waals surface area contributed by atoms with Crippen LogP contribution in [-0.2, 0) is 16.4 Å². The van der Waals surface area contributed by atoms with E-state index in [-0.39, 0.29) is 16.1 Å². The average molecular weight is 492 g/mol. The Kier molecular flexibility index (Phi) is 7.00. The minimum atomic E-state index is -3.91. The molecule has 0 atom stereocenters. The lowest BCUT2D eigenvalue weighted by atomic mass is 10.2. The molecule has 3 rings (SSSR count). The third kappa shape index (κ3) is 5.85. The third-order valence-electron chi connectivity index (χ3n) is 4.07. The highest BCUT2D eigenvalue weighted by Crippen LogP contribution is 2.27. The second kappa shape index (κ2) is 9.47. The molecule has 3 aromatic rings. The molecule has 0 aliphatic carbocycles. The largest absolute Gasteiger partial charge is 0.478 e. The van der Waals surface area contributed by atoms with Crippen LogP contribution in [0.15, 0.2) is 87.1 Å². The average Bonchev–Trinajstić information content (AvgIpc) is 2.69. The molecule has 0 bridgehead atoms. The summed E-state index contributed by atoms with van der Waals surface area (Å²) in [7, 11) is -3.91. The molecular formula is C21H18BrNO4S2. The quantitative estimate of drug-likeness (QED) is 0.418. The van der Waals surface area contributed by atoms with Crippen LogP contribution >= 0.6 is 27.7 Å². The number of rotatable bonds is 8. The van der Waals surface area contributed by atoms with Crippen molar-refractivity contribution in [1.82, 2.24) is 0 Å². The van der Waals surface area contributed by atoms with Gasteiger partial charge in [0, 0.05) is 15.1 Å². The molecule has 2 N–H and O–H groups in total. The Morgan fingerprint density at radius 2 is 1.76 bits per heavy atom. The van der Waals surface area contributed by atoms with Crippen LogP contribution in [0.4, 0.5) is 5.69 Å². The monoisotopic (exact) mass is 491 g/mol. The number of thioether (sulfide) groups is 1. The van der Waals surface area contributed by atoms with E-state index in [2.05, 4.69) is 20.7 Å². The van der Waals surface area contributed by atoms with Crippen LogP contribution in [0.25, 0.3) is 0 Å². The van der Waals surface area contributed by atoms with Crippen LogP contribution in [0.1, 0.15) is 15.9 Å². The number of carboxylic acids is 1. The normalized spacial score (nSPS) is 11.2. The summed E-state index contributed by atoms with van der Waals surface area (Å²) in [4.78, 5) is 12.5. The summed E-state index contributed by atoms with van der Waals surface area (Å²) >= 11 is 4.76. The standard InChI is InChI=1S/C21H18BrNO4S2/c22-16-7-4-8-18(13-16)29(26,27)23-20-10-9-17(14-19(20)21(24)25)28-12-11-15-5-2-1-3-6-15/h1-10,13-14,23H,11-12H2,(H,24,25). The lowest BCUT2D eigenvalue weighted by Crippen LogP contribution is -2.15. The van der Waals surface area contributed by atoms with Gasteiger partial charge in [-0.15, -0.1) is 11.8 Å².